The van der Waals surface area contributed by atoms with Gasteiger partial charge in [-0.1, -0.05) is 70.4 Å². The third-order valence-corrected chi connectivity index (χ3v) is 4.84. The minimum absolute atomic E-state index is 0.259. The second kappa shape index (κ2) is 16.2. The van der Waals surface area contributed by atoms with Gasteiger partial charge < -0.3 is 9.66 Å². The summed E-state index contributed by atoms with van der Waals surface area (Å²) in [5, 5.41) is 8.19. The fourth-order valence-electron chi connectivity index (χ4n) is 2.52. The standard InChI is InChI=1S/C18H34O4S/c1-2-3-4-8-11-14-17(23(21)22)15-12-9-6-5-7-10-13-16-18(19)20/h12,15,17H,2-11,13-14,16H2,1H3,(H,19,20)(H,21,22)/p-1/b15-12+. The van der Waals surface area contributed by atoms with Crippen LogP contribution in [0.25, 0.3) is 0 Å². The molecule has 0 aromatic carbocycles. The second-order valence-corrected chi connectivity index (χ2v) is 7.26. The van der Waals surface area contributed by atoms with E-state index in [0.29, 0.717) is 0 Å². The number of carbonyl (C=O) groups is 1. The molecule has 5 heteroatoms. The summed E-state index contributed by atoms with van der Waals surface area (Å²) in [6.45, 7) is 2.17. The van der Waals surface area contributed by atoms with Crippen molar-refractivity contribution in [2.75, 3.05) is 0 Å². The van der Waals surface area contributed by atoms with Gasteiger partial charge in [0.05, 0.1) is 0 Å². The summed E-state index contributed by atoms with van der Waals surface area (Å²) < 4.78 is 22.4. The summed E-state index contributed by atoms with van der Waals surface area (Å²) in [4.78, 5) is 10.4. The Hall–Kier alpha value is -0.680. The molecule has 0 bridgehead atoms. The topological polar surface area (TPSA) is 77.4 Å². The van der Waals surface area contributed by atoms with E-state index in [9.17, 15) is 13.6 Å². The van der Waals surface area contributed by atoms with Crippen LogP contribution in [-0.4, -0.2) is 25.1 Å². The van der Waals surface area contributed by atoms with Crippen LogP contribution in [-0.2, 0) is 15.9 Å². The molecule has 4 nitrogen and oxygen atoms in total. The number of carboxylic acids is 1. The van der Waals surface area contributed by atoms with E-state index in [0.717, 1.165) is 57.8 Å². The minimum atomic E-state index is -2.02. The van der Waals surface area contributed by atoms with E-state index in [1.165, 1.54) is 19.3 Å². The van der Waals surface area contributed by atoms with Crippen LogP contribution in [0, 0.1) is 0 Å². The highest BCUT2D eigenvalue weighted by molar-refractivity contribution is 7.80. The van der Waals surface area contributed by atoms with Crippen LogP contribution >= 0.6 is 0 Å². The molecule has 0 aliphatic rings. The van der Waals surface area contributed by atoms with Crippen molar-refractivity contribution in [2.24, 2.45) is 0 Å². The van der Waals surface area contributed by atoms with E-state index in [1.54, 1.807) is 0 Å². The molecule has 0 fully saturated rings. The number of hydrogen-bond donors (Lipinski definition) is 1. The summed E-state index contributed by atoms with van der Waals surface area (Å²) in [6.07, 6.45) is 16.3. The fourth-order valence-corrected chi connectivity index (χ4v) is 3.12. The molecule has 0 heterocycles. The van der Waals surface area contributed by atoms with Crippen molar-refractivity contribution in [1.29, 1.82) is 0 Å². The van der Waals surface area contributed by atoms with E-state index in [4.69, 9.17) is 5.11 Å². The Balaban J connectivity index is 3.65. The summed E-state index contributed by atoms with van der Waals surface area (Å²) in [7, 11) is 0. The van der Waals surface area contributed by atoms with Gasteiger partial charge in [0.25, 0.3) is 0 Å². The van der Waals surface area contributed by atoms with Gasteiger partial charge in [-0.05, 0) is 36.8 Å². The molecule has 0 aromatic rings. The lowest BCUT2D eigenvalue weighted by molar-refractivity contribution is -0.137. The highest BCUT2D eigenvalue weighted by atomic mass is 32.2. The molecule has 136 valence electrons. The molecule has 2 unspecified atom stereocenters. The van der Waals surface area contributed by atoms with Crippen molar-refractivity contribution >= 4 is 17.0 Å². The van der Waals surface area contributed by atoms with Gasteiger partial charge in [-0.2, -0.15) is 0 Å². The lowest BCUT2D eigenvalue weighted by atomic mass is 10.1. The first-order valence-electron chi connectivity index (χ1n) is 9.04. The molecule has 0 saturated carbocycles. The predicted molar refractivity (Wildman–Crippen MR) is 95.2 cm³/mol. The summed E-state index contributed by atoms with van der Waals surface area (Å²) in [5.41, 5.74) is 0. The molecule has 0 spiro atoms. The van der Waals surface area contributed by atoms with Crippen molar-refractivity contribution in [3.05, 3.63) is 12.2 Å². The van der Waals surface area contributed by atoms with Crippen LogP contribution in [0.1, 0.15) is 90.4 Å². The highest BCUT2D eigenvalue weighted by Crippen LogP contribution is 2.13. The van der Waals surface area contributed by atoms with Gasteiger partial charge in [-0.15, -0.1) is 0 Å². The third-order valence-electron chi connectivity index (χ3n) is 3.95. The van der Waals surface area contributed by atoms with Gasteiger partial charge in [0, 0.05) is 11.7 Å². The Morgan fingerprint density at radius 2 is 1.65 bits per heavy atom. The van der Waals surface area contributed by atoms with Gasteiger partial charge in [0.1, 0.15) is 0 Å². The molecule has 0 radical (unpaired) electrons. The average Bonchev–Trinajstić information content (AvgIpc) is 2.50. The van der Waals surface area contributed by atoms with Gasteiger partial charge in [-0.3, -0.25) is 9.00 Å². The molecule has 0 aromatic heterocycles. The maximum absolute atomic E-state index is 11.2. The smallest absolute Gasteiger partial charge is 0.303 e. The van der Waals surface area contributed by atoms with Crippen LogP contribution in [0.15, 0.2) is 12.2 Å². The van der Waals surface area contributed by atoms with E-state index < -0.39 is 17.0 Å². The Bertz CT molecular complexity index is 342. The first-order valence-corrected chi connectivity index (χ1v) is 10.2. The Morgan fingerprint density at radius 1 is 1.04 bits per heavy atom. The Labute approximate surface area is 144 Å². The first kappa shape index (κ1) is 22.3. The first-order chi connectivity index (χ1) is 11.1. The summed E-state index contributed by atoms with van der Waals surface area (Å²) >= 11 is -2.02. The van der Waals surface area contributed by atoms with Crippen LogP contribution in [0.5, 0.6) is 0 Å². The maximum atomic E-state index is 11.2. The molecule has 1 N–H and O–H groups in total. The SMILES string of the molecule is CCCCCCCC(/C=C/CCCCCCCC(=O)O)S(=O)[O-]. The Kier molecular flexibility index (Phi) is 15.7. The van der Waals surface area contributed by atoms with Crippen LogP contribution in [0.4, 0.5) is 0 Å². The van der Waals surface area contributed by atoms with Gasteiger partial charge in [-0.25, -0.2) is 0 Å². The molecule has 0 aliphatic carbocycles. The van der Waals surface area contributed by atoms with Crippen molar-refractivity contribution in [2.45, 2.75) is 95.6 Å². The predicted octanol–water partition coefficient (Wildman–Crippen LogP) is 4.97. The summed E-state index contributed by atoms with van der Waals surface area (Å²) in [5.74, 6) is -0.723. The van der Waals surface area contributed by atoms with E-state index in [1.807, 2.05) is 12.2 Å². The van der Waals surface area contributed by atoms with Crippen molar-refractivity contribution in [3.8, 4) is 0 Å². The highest BCUT2D eigenvalue weighted by Gasteiger charge is 2.04. The molecular formula is C18H33O4S-. The molecule has 0 aliphatic heterocycles. The number of unbranched alkanes of at least 4 members (excludes halogenated alkanes) is 9. The minimum Gasteiger partial charge on any atom is -0.772 e. The van der Waals surface area contributed by atoms with E-state index in [-0.39, 0.29) is 11.7 Å². The molecule has 2 atom stereocenters. The number of hydrogen-bond acceptors (Lipinski definition) is 3. The molecule has 23 heavy (non-hydrogen) atoms. The molecular weight excluding hydrogens is 312 g/mol. The number of aliphatic carboxylic acids is 1. The number of rotatable bonds is 16. The van der Waals surface area contributed by atoms with Gasteiger partial charge >= 0.3 is 5.97 Å². The normalized spacial score (nSPS) is 14.2. The zero-order chi connectivity index (χ0) is 17.3. The van der Waals surface area contributed by atoms with Gasteiger partial charge in [0.15, 0.2) is 0 Å². The maximum Gasteiger partial charge on any atom is 0.303 e. The summed E-state index contributed by atoms with van der Waals surface area (Å²) in [6, 6.07) is 0. The average molecular weight is 346 g/mol. The van der Waals surface area contributed by atoms with Crippen molar-refractivity contribution in [3.63, 3.8) is 0 Å². The monoisotopic (exact) mass is 345 g/mol. The zero-order valence-corrected chi connectivity index (χ0v) is 15.3. The fraction of sp³-hybridized carbons (Fsp3) is 0.833. The van der Waals surface area contributed by atoms with E-state index >= 15 is 0 Å². The van der Waals surface area contributed by atoms with Crippen LogP contribution < -0.4 is 0 Å². The largest absolute Gasteiger partial charge is 0.772 e. The van der Waals surface area contributed by atoms with Crippen LogP contribution in [0.2, 0.25) is 0 Å². The molecule has 0 saturated heterocycles. The van der Waals surface area contributed by atoms with Crippen molar-refractivity contribution in [1.82, 2.24) is 0 Å². The lowest BCUT2D eigenvalue weighted by Gasteiger charge is -2.15. The van der Waals surface area contributed by atoms with E-state index in [2.05, 4.69) is 6.92 Å². The zero-order valence-electron chi connectivity index (χ0n) is 14.5. The second-order valence-electron chi connectivity index (χ2n) is 6.13. The van der Waals surface area contributed by atoms with Crippen molar-refractivity contribution < 1.29 is 18.7 Å². The Morgan fingerprint density at radius 3 is 2.30 bits per heavy atom. The lowest BCUT2D eigenvalue weighted by Crippen LogP contribution is -2.11. The quantitative estimate of drug-likeness (QED) is 0.243. The van der Waals surface area contributed by atoms with Gasteiger partial charge in [0.2, 0.25) is 0 Å². The van der Waals surface area contributed by atoms with Crippen LogP contribution in [0.3, 0.4) is 0 Å². The number of allylic oxidation sites excluding steroid dienone is 1. The third kappa shape index (κ3) is 16.0. The number of carboxylic acid groups (broad SMARTS) is 1. The molecule has 0 rings (SSSR count). The molecule has 0 amide bonds.